The third kappa shape index (κ3) is 5.00. The SMILES string of the molecule is CC/C(=N\NC(=O)CN(C)S(=O)(=O)c1ccc(C)cc1)c1ccccc1. The molecule has 0 atom stereocenters. The lowest BCUT2D eigenvalue weighted by Gasteiger charge is -2.16. The molecule has 0 aliphatic carbocycles. The highest BCUT2D eigenvalue weighted by molar-refractivity contribution is 7.89. The molecule has 2 aromatic rings. The molecule has 0 heterocycles. The second-order valence-electron chi connectivity index (χ2n) is 5.89. The number of nitrogens with one attached hydrogen (secondary N) is 1. The molecule has 26 heavy (non-hydrogen) atoms. The van der Waals surface area contributed by atoms with Crippen molar-refractivity contribution in [2.45, 2.75) is 25.2 Å². The summed E-state index contributed by atoms with van der Waals surface area (Å²) in [5.74, 6) is -0.495. The van der Waals surface area contributed by atoms with E-state index in [9.17, 15) is 13.2 Å². The average molecular weight is 373 g/mol. The minimum Gasteiger partial charge on any atom is -0.272 e. The quantitative estimate of drug-likeness (QED) is 0.598. The van der Waals surface area contributed by atoms with Gasteiger partial charge in [0.1, 0.15) is 0 Å². The van der Waals surface area contributed by atoms with Gasteiger partial charge in [0, 0.05) is 7.05 Å². The molecule has 1 N–H and O–H groups in total. The molecule has 2 rings (SSSR count). The predicted octanol–water partition coefficient (Wildman–Crippen LogP) is 2.55. The molecule has 0 fully saturated rings. The van der Waals surface area contributed by atoms with Crippen LogP contribution < -0.4 is 5.43 Å². The summed E-state index contributed by atoms with van der Waals surface area (Å²) in [5, 5.41) is 4.13. The van der Waals surface area contributed by atoms with Crippen LogP contribution in [-0.4, -0.2) is 37.9 Å². The Balaban J connectivity index is 2.04. The lowest BCUT2D eigenvalue weighted by Crippen LogP contribution is -2.37. The van der Waals surface area contributed by atoms with Gasteiger partial charge in [-0.25, -0.2) is 13.8 Å². The summed E-state index contributed by atoms with van der Waals surface area (Å²) in [6.45, 7) is 3.50. The second-order valence-corrected chi connectivity index (χ2v) is 7.93. The first-order valence-electron chi connectivity index (χ1n) is 8.28. The molecule has 0 aliphatic heterocycles. The van der Waals surface area contributed by atoms with Gasteiger partial charge in [0.2, 0.25) is 10.0 Å². The van der Waals surface area contributed by atoms with Crippen molar-refractivity contribution < 1.29 is 13.2 Å². The van der Waals surface area contributed by atoms with Crippen molar-refractivity contribution in [3.63, 3.8) is 0 Å². The number of amides is 1. The highest BCUT2D eigenvalue weighted by atomic mass is 32.2. The number of hydrogen-bond donors (Lipinski definition) is 1. The molecule has 1 amide bonds. The summed E-state index contributed by atoms with van der Waals surface area (Å²) in [4.78, 5) is 12.3. The molecule has 0 saturated carbocycles. The molecular weight excluding hydrogens is 350 g/mol. The van der Waals surface area contributed by atoms with Crippen molar-refractivity contribution in [1.82, 2.24) is 9.73 Å². The summed E-state index contributed by atoms with van der Waals surface area (Å²) in [6.07, 6.45) is 0.641. The van der Waals surface area contributed by atoms with E-state index in [0.29, 0.717) is 6.42 Å². The molecular formula is C19H23N3O3S. The number of carbonyl (C=O) groups excluding carboxylic acids is 1. The van der Waals surface area contributed by atoms with Crippen LogP contribution in [0.2, 0.25) is 0 Å². The van der Waals surface area contributed by atoms with Crippen molar-refractivity contribution in [2.24, 2.45) is 5.10 Å². The number of nitrogens with zero attached hydrogens (tertiary/aromatic N) is 2. The van der Waals surface area contributed by atoms with Crippen molar-refractivity contribution in [3.8, 4) is 0 Å². The van der Waals surface area contributed by atoms with Crippen molar-refractivity contribution in [1.29, 1.82) is 0 Å². The van der Waals surface area contributed by atoms with Gasteiger partial charge in [0.05, 0.1) is 17.2 Å². The van der Waals surface area contributed by atoms with Crippen LogP contribution in [-0.2, 0) is 14.8 Å². The lowest BCUT2D eigenvalue weighted by molar-refractivity contribution is -0.121. The minimum absolute atomic E-state index is 0.153. The number of hydrazone groups is 1. The maximum atomic E-state index is 12.5. The fourth-order valence-electron chi connectivity index (χ4n) is 2.32. The van der Waals surface area contributed by atoms with Crippen LogP contribution in [0.3, 0.4) is 0 Å². The molecule has 0 aliphatic rings. The number of hydrogen-bond acceptors (Lipinski definition) is 4. The molecule has 138 valence electrons. The van der Waals surface area contributed by atoms with Gasteiger partial charge in [-0.1, -0.05) is 55.0 Å². The van der Waals surface area contributed by atoms with Gasteiger partial charge in [-0.05, 0) is 31.0 Å². The van der Waals surface area contributed by atoms with Gasteiger partial charge in [0.25, 0.3) is 5.91 Å². The van der Waals surface area contributed by atoms with Crippen LogP contribution in [0.5, 0.6) is 0 Å². The van der Waals surface area contributed by atoms with E-state index in [4.69, 9.17) is 0 Å². The molecule has 6 nitrogen and oxygen atoms in total. The van der Waals surface area contributed by atoms with E-state index in [0.717, 1.165) is 21.1 Å². The maximum Gasteiger partial charge on any atom is 0.255 e. The van der Waals surface area contributed by atoms with Gasteiger partial charge in [-0.2, -0.15) is 9.41 Å². The Bertz CT molecular complexity index is 876. The molecule has 2 aromatic carbocycles. The largest absolute Gasteiger partial charge is 0.272 e. The monoisotopic (exact) mass is 373 g/mol. The first-order chi connectivity index (χ1) is 12.3. The molecule has 0 saturated heterocycles. The molecule has 0 unspecified atom stereocenters. The molecule has 7 heteroatoms. The molecule has 0 radical (unpaired) electrons. The summed E-state index contributed by atoms with van der Waals surface area (Å²) < 4.78 is 26.0. The number of carbonyl (C=O) groups is 1. The number of aryl methyl sites for hydroxylation is 1. The summed E-state index contributed by atoms with van der Waals surface area (Å²) in [6, 6.07) is 16.0. The second kappa shape index (κ2) is 8.73. The van der Waals surface area contributed by atoms with Gasteiger partial charge in [-0.3, -0.25) is 4.79 Å². The Hall–Kier alpha value is -2.51. The average Bonchev–Trinajstić information content (AvgIpc) is 2.63. The van der Waals surface area contributed by atoms with Crippen LogP contribution in [0.15, 0.2) is 64.6 Å². The van der Waals surface area contributed by atoms with E-state index in [1.54, 1.807) is 12.1 Å². The topological polar surface area (TPSA) is 78.8 Å². The van der Waals surface area contributed by atoms with E-state index in [1.165, 1.54) is 19.2 Å². The maximum absolute atomic E-state index is 12.5. The molecule has 0 bridgehead atoms. The van der Waals surface area contributed by atoms with Crippen LogP contribution in [0, 0.1) is 6.92 Å². The Morgan fingerprint density at radius 1 is 1.08 bits per heavy atom. The Morgan fingerprint density at radius 2 is 1.69 bits per heavy atom. The standard InChI is InChI=1S/C19H23N3O3S/c1-4-18(16-8-6-5-7-9-16)20-21-19(23)14-22(3)26(24,25)17-12-10-15(2)11-13-17/h5-13H,4,14H2,1-3H3,(H,21,23)/b20-18+. The zero-order valence-electron chi connectivity index (χ0n) is 15.1. The zero-order valence-corrected chi connectivity index (χ0v) is 16.0. The highest BCUT2D eigenvalue weighted by Gasteiger charge is 2.22. The van der Waals surface area contributed by atoms with Gasteiger partial charge >= 0.3 is 0 Å². The highest BCUT2D eigenvalue weighted by Crippen LogP contribution is 2.14. The fraction of sp³-hybridized carbons (Fsp3) is 0.263. The summed E-state index contributed by atoms with van der Waals surface area (Å²) in [7, 11) is -2.35. The minimum atomic E-state index is -3.72. The number of likely N-dealkylation sites (N-methyl/N-ethyl adjacent to an activating group) is 1. The van der Waals surface area contributed by atoms with E-state index >= 15 is 0 Å². The van der Waals surface area contributed by atoms with Crippen molar-refractivity contribution in [3.05, 3.63) is 65.7 Å². The number of sulfonamides is 1. The third-order valence-corrected chi connectivity index (χ3v) is 5.67. The summed E-state index contributed by atoms with van der Waals surface area (Å²) in [5.41, 5.74) is 5.04. The van der Waals surface area contributed by atoms with Crippen molar-refractivity contribution >= 4 is 21.6 Å². The summed E-state index contributed by atoms with van der Waals surface area (Å²) >= 11 is 0. The normalized spacial score (nSPS) is 12.2. The number of rotatable bonds is 7. The number of benzene rings is 2. The van der Waals surface area contributed by atoms with Crippen LogP contribution in [0.25, 0.3) is 0 Å². The van der Waals surface area contributed by atoms with E-state index in [2.05, 4.69) is 10.5 Å². The van der Waals surface area contributed by atoms with Crippen LogP contribution in [0.4, 0.5) is 0 Å². The molecule has 0 spiro atoms. The Morgan fingerprint density at radius 3 is 2.27 bits per heavy atom. The lowest BCUT2D eigenvalue weighted by atomic mass is 10.1. The first kappa shape index (κ1) is 19.8. The van der Waals surface area contributed by atoms with Crippen LogP contribution in [0.1, 0.15) is 24.5 Å². The van der Waals surface area contributed by atoms with Crippen LogP contribution >= 0.6 is 0 Å². The Kier molecular flexibility index (Phi) is 6.65. The van der Waals surface area contributed by atoms with E-state index in [-0.39, 0.29) is 11.4 Å². The third-order valence-electron chi connectivity index (χ3n) is 3.85. The predicted molar refractivity (Wildman–Crippen MR) is 102 cm³/mol. The first-order valence-corrected chi connectivity index (χ1v) is 9.72. The van der Waals surface area contributed by atoms with E-state index < -0.39 is 15.9 Å². The van der Waals surface area contributed by atoms with Gasteiger partial charge in [0.15, 0.2) is 0 Å². The zero-order chi connectivity index (χ0) is 19.2. The van der Waals surface area contributed by atoms with Gasteiger partial charge in [-0.15, -0.1) is 0 Å². The van der Waals surface area contributed by atoms with Crippen molar-refractivity contribution in [2.75, 3.05) is 13.6 Å². The smallest absolute Gasteiger partial charge is 0.255 e. The molecule has 0 aromatic heterocycles. The fourth-order valence-corrected chi connectivity index (χ4v) is 3.45. The van der Waals surface area contributed by atoms with E-state index in [1.807, 2.05) is 44.2 Å². The van der Waals surface area contributed by atoms with Gasteiger partial charge < -0.3 is 0 Å². The Labute approximate surface area is 154 Å².